The van der Waals surface area contributed by atoms with E-state index < -0.39 is 42.1 Å². The molecule has 1 fully saturated rings. The van der Waals surface area contributed by atoms with E-state index in [1.165, 1.54) is 0 Å². The van der Waals surface area contributed by atoms with Gasteiger partial charge in [0.15, 0.2) is 17.0 Å². The number of thioether (sulfide) groups is 1. The van der Waals surface area contributed by atoms with Crippen molar-refractivity contribution in [3.8, 4) is 0 Å². The van der Waals surface area contributed by atoms with Crippen LogP contribution in [0, 0.1) is 5.41 Å². The van der Waals surface area contributed by atoms with Crippen molar-refractivity contribution in [2.75, 3.05) is 32.1 Å². The number of allylic oxidation sites excluding steroid dienone is 1. The van der Waals surface area contributed by atoms with Gasteiger partial charge >= 0.3 is 13.8 Å². The monoisotopic (exact) mass is 508 g/mol. The number of carbonyl (C=O) groups excluding carboxylic acids is 5. The minimum atomic E-state index is -4.29. The molecule has 12 nitrogen and oxygen atoms in total. The van der Waals surface area contributed by atoms with Crippen molar-refractivity contribution in [1.29, 1.82) is 0 Å². The largest absolute Gasteiger partial charge is 0.472 e. The standard InChI is InChI=1S/C19H29N2O10PS/c1-4-29-15(24)6-5-13(22)11-16(25)33-10-9-20-14(23)7-8-21-18(26)17-19(2,3)12-30-32(27,28)31-17/h5-6,17H,4,7-12H2,1-3H3,(H,20,23)(H,21,26)(H,27,28)/b6-5+/t17-/m0/s1. The number of carbonyl (C=O) groups is 5. The van der Waals surface area contributed by atoms with Crippen molar-refractivity contribution in [3.05, 3.63) is 12.2 Å². The summed E-state index contributed by atoms with van der Waals surface area (Å²) in [7, 11) is -4.29. The summed E-state index contributed by atoms with van der Waals surface area (Å²) in [5.74, 6) is -1.97. The highest BCUT2D eigenvalue weighted by molar-refractivity contribution is 8.13. The molecule has 2 atom stereocenters. The molecule has 2 amide bonds. The van der Waals surface area contributed by atoms with Crippen LogP contribution in [0.4, 0.5) is 0 Å². The molecule has 1 unspecified atom stereocenters. The lowest BCUT2D eigenvalue weighted by Crippen LogP contribution is -2.49. The molecule has 0 aromatic carbocycles. The van der Waals surface area contributed by atoms with E-state index in [0.717, 1.165) is 23.9 Å². The first-order valence-corrected chi connectivity index (χ1v) is 12.6. The zero-order valence-corrected chi connectivity index (χ0v) is 20.4. The number of ketones is 1. The lowest BCUT2D eigenvalue weighted by atomic mass is 9.87. The Labute approximate surface area is 195 Å². The van der Waals surface area contributed by atoms with Crippen LogP contribution in [-0.4, -0.2) is 71.7 Å². The van der Waals surface area contributed by atoms with E-state index in [9.17, 15) is 33.4 Å². The minimum Gasteiger partial charge on any atom is -0.463 e. The maximum atomic E-state index is 12.3. The van der Waals surface area contributed by atoms with Gasteiger partial charge in [0, 0.05) is 36.8 Å². The summed E-state index contributed by atoms with van der Waals surface area (Å²) in [5.41, 5.74) is -0.831. The second-order valence-electron chi connectivity index (χ2n) is 7.56. The zero-order chi connectivity index (χ0) is 25.1. The summed E-state index contributed by atoms with van der Waals surface area (Å²) in [5, 5.41) is 4.65. The lowest BCUT2D eigenvalue weighted by Gasteiger charge is -2.38. The highest BCUT2D eigenvalue weighted by Crippen LogP contribution is 2.52. The third-order valence-corrected chi connectivity index (χ3v) is 5.94. The summed E-state index contributed by atoms with van der Waals surface area (Å²) >= 11 is 0.865. The molecule has 1 saturated heterocycles. The zero-order valence-electron chi connectivity index (χ0n) is 18.7. The molecular weight excluding hydrogens is 479 g/mol. The molecule has 33 heavy (non-hydrogen) atoms. The molecule has 186 valence electrons. The molecule has 1 rings (SSSR count). The molecule has 0 aromatic heterocycles. The van der Waals surface area contributed by atoms with Gasteiger partial charge in [0.1, 0.15) is 0 Å². The molecule has 0 spiro atoms. The van der Waals surface area contributed by atoms with Crippen LogP contribution in [0.1, 0.15) is 33.6 Å². The maximum Gasteiger partial charge on any atom is 0.472 e. The Morgan fingerprint density at radius 3 is 2.55 bits per heavy atom. The summed E-state index contributed by atoms with van der Waals surface area (Å²) in [6.07, 6.45) is 0.300. The smallest absolute Gasteiger partial charge is 0.463 e. The predicted molar refractivity (Wildman–Crippen MR) is 118 cm³/mol. The Hall–Kier alpha value is -2.05. The summed E-state index contributed by atoms with van der Waals surface area (Å²) in [4.78, 5) is 68.0. The fourth-order valence-electron chi connectivity index (χ4n) is 2.47. The van der Waals surface area contributed by atoms with Crippen molar-refractivity contribution in [2.24, 2.45) is 5.41 Å². The molecule has 0 bridgehead atoms. The predicted octanol–water partition coefficient (Wildman–Crippen LogP) is 0.489. The highest BCUT2D eigenvalue weighted by atomic mass is 32.2. The first kappa shape index (κ1) is 29.0. The van der Waals surface area contributed by atoms with Crippen LogP contribution in [0.5, 0.6) is 0 Å². The number of nitrogens with one attached hydrogen (secondary N) is 2. The SMILES string of the molecule is CCOC(=O)/C=C/C(=O)CC(=O)SCCNC(=O)CCNC(=O)[C@@H]1OP(=O)(O)OCC1(C)C. The third kappa shape index (κ3) is 11.6. The van der Waals surface area contributed by atoms with Gasteiger partial charge in [-0.25, -0.2) is 9.36 Å². The van der Waals surface area contributed by atoms with E-state index in [1.807, 2.05) is 0 Å². The Morgan fingerprint density at radius 1 is 1.18 bits per heavy atom. The Morgan fingerprint density at radius 2 is 1.88 bits per heavy atom. The summed E-state index contributed by atoms with van der Waals surface area (Å²) < 4.78 is 25.8. The number of rotatable bonds is 12. The van der Waals surface area contributed by atoms with Crippen LogP contribution in [0.2, 0.25) is 0 Å². The lowest BCUT2D eigenvalue weighted by molar-refractivity contribution is -0.141. The fourth-order valence-corrected chi connectivity index (χ4v) is 4.35. The van der Waals surface area contributed by atoms with Crippen molar-refractivity contribution in [2.45, 2.75) is 39.7 Å². The fraction of sp³-hybridized carbons (Fsp3) is 0.632. The van der Waals surface area contributed by atoms with Gasteiger partial charge in [-0.05, 0) is 13.0 Å². The van der Waals surface area contributed by atoms with E-state index >= 15 is 0 Å². The second-order valence-corrected chi connectivity index (χ2v) is 10.1. The number of hydrogen-bond donors (Lipinski definition) is 3. The van der Waals surface area contributed by atoms with Crippen molar-refractivity contribution < 1.29 is 47.2 Å². The normalized spacial score (nSPS) is 21.9. The molecule has 1 aliphatic heterocycles. The van der Waals surface area contributed by atoms with Crippen LogP contribution < -0.4 is 10.6 Å². The summed E-state index contributed by atoms with van der Waals surface area (Å²) in [6, 6.07) is 0. The van der Waals surface area contributed by atoms with Crippen LogP contribution in [0.15, 0.2) is 12.2 Å². The van der Waals surface area contributed by atoms with E-state index in [-0.39, 0.29) is 50.8 Å². The van der Waals surface area contributed by atoms with Gasteiger partial charge in [0.05, 0.1) is 19.6 Å². The average Bonchev–Trinajstić information content (AvgIpc) is 2.72. The van der Waals surface area contributed by atoms with Gasteiger partial charge in [-0.2, -0.15) is 0 Å². The topological polar surface area (TPSA) is 174 Å². The number of hydrogen-bond acceptors (Lipinski definition) is 10. The van der Waals surface area contributed by atoms with E-state index in [1.54, 1.807) is 20.8 Å². The van der Waals surface area contributed by atoms with Gasteiger partial charge in [0.25, 0.3) is 0 Å². The highest BCUT2D eigenvalue weighted by Gasteiger charge is 2.47. The van der Waals surface area contributed by atoms with Crippen LogP contribution >= 0.6 is 19.6 Å². The van der Waals surface area contributed by atoms with E-state index in [4.69, 9.17) is 9.05 Å². The molecule has 0 radical (unpaired) electrons. The number of phosphoric acid groups is 1. The van der Waals surface area contributed by atoms with Crippen molar-refractivity contribution in [3.63, 3.8) is 0 Å². The molecule has 0 aromatic rings. The van der Waals surface area contributed by atoms with Gasteiger partial charge in [-0.1, -0.05) is 25.6 Å². The van der Waals surface area contributed by atoms with Crippen molar-refractivity contribution >= 4 is 48.3 Å². The Kier molecular flexibility index (Phi) is 12.0. The van der Waals surface area contributed by atoms with Crippen LogP contribution in [0.25, 0.3) is 0 Å². The third-order valence-electron chi connectivity index (χ3n) is 4.14. The Bertz CT molecular complexity index is 829. The number of phosphoric ester groups is 1. The maximum absolute atomic E-state index is 12.3. The molecular formula is C19H29N2O10PS. The first-order valence-electron chi connectivity index (χ1n) is 10.1. The first-order chi connectivity index (χ1) is 15.4. The quantitative estimate of drug-likeness (QED) is 0.110. The average molecular weight is 508 g/mol. The molecule has 3 N–H and O–H groups in total. The van der Waals surface area contributed by atoms with Gasteiger partial charge in [0.2, 0.25) is 11.8 Å². The molecule has 1 heterocycles. The number of ether oxygens (including phenoxy) is 1. The van der Waals surface area contributed by atoms with Gasteiger partial charge in [-0.15, -0.1) is 0 Å². The Balaban J connectivity index is 2.23. The number of esters is 1. The minimum absolute atomic E-state index is 0.0232. The molecule has 1 aliphatic rings. The molecule has 0 aliphatic carbocycles. The summed E-state index contributed by atoms with van der Waals surface area (Å²) in [6.45, 7) is 5.11. The number of amides is 2. The van der Waals surface area contributed by atoms with Crippen molar-refractivity contribution in [1.82, 2.24) is 10.6 Å². The van der Waals surface area contributed by atoms with Crippen LogP contribution in [0.3, 0.4) is 0 Å². The molecule has 14 heteroatoms. The van der Waals surface area contributed by atoms with E-state index in [0.29, 0.717) is 0 Å². The van der Waals surface area contributed by atoms with Gasteiger partial charge < -0.3 is 20.3 Å². The van der Waals surface area contributed by atoms with Gasteiger partial charge in [-0.3, -0.25) is 28.2 Å². The molecule has 0 saturated carbocycles. The van der Waals surface area contributed by atoms with E-state index in [2.05, 4.69) is 15.4 Å². The second kappa shape index (κ2) is 13.6. The van der Waals surface area contributed by atoms with Crippen LogP contribution in [-0.2, 0) is 42.3 Å².